The molecule has 0 fully saturated rings. The van der Waals surface area contributed by atoms with E-state index in [1.807, 2.05) is 84.9 Å². The molecule has 5 aromatic rings. The number of benzene rings is 4. The van der Waals surface area contributed by atoms with Crippen molar-refractivity contribution in [2.75, 3.05) is 0 Å². The first kappa shape index (κ1) is 22.9. The molecule has 0 aliphatic heterocycles. The van der Waals surface area contributed by atoms with Crippen molar-refractivity contribution in [3.8, 4) is 17.1 Å². The van der Waals surface area contributed by atoms with Crippen LogP contribution in [0.3, 0.4) is 0 Å². The Hall–Kier alpha value is -3.89. The van der Waals surface area contributed by atoms with Crippen LogP contribution in [0.4, 0.5) is 0 Å². The Bertz CT molecular complexity index is 1430. The third kappa shape index (κ3) is 5.61. The number of esters is 1. The summed E-state index contributed by atoms with van der Waals surface area (Å²) in [5, 5.41) is 0.715. The van der Waals surface area contributed by atoms with Crippen LogP contribution in [0.1, 0.15) is 24.0 Å². The molecule has 4 aromatic carbocycles. The van der Waals surface area contributed by atoms with Crippen LogP contribution >= 0.6 is 11.6 Å². The molecular formula is C30H25ClN2O2. The minimum absolute atomic E-state index is 0.233. The van der Waals surface area contributed by atoms with Crippen molar-refractivity contribution in [1.29, 1.82) is 0 Å². The summed E-state index contributed by atoms with van der Waals surface area (Å²) >= 11 is 5.92. The number of hydrogen-bond acceptors (Lipinski definition) is 3. The number of nitrogens with zero attached hydrogens (tertiary/aromatic N) is 2. The van der Waals surface area contributed by atoms with Crippen LogP contribution in [0, 0.1) is 0 Å². The third-order valence-corrected chi connectivity index (χ3v) is 6.19. The van der Waals surface area contributed by atoms with Crippen LogP contribution in [0.25, 0.3) is 22.4 Å². The highest BCUT2D eigenvalue weighted by Crippen LogP contribution is 2.27. The van der Waals surface area contributed by atoms with Crippen LogP contribution in [-0.4, -0.2) is 15.5 Å². The number of para-hydroxylation sites is 2. The maximum Gasteiger partial charge on any atom is 0.311 e. The number of aromatic nitrogens is 2. The number of carbonyl (C=O) groups excluding carboxylic acids is 1. The maximum atomic E-state index is 12.3. The highest BCUT2D eigenvalue weighted by Gasteiger charge is 2.13. The molecule has 0 spiro atoms. The van der Waals surface area contributed by atoms with Crippen LogP contribution in [-0.2, 0) is 17.8 Å². The summed E-state index contributed by atoms with van der Waals surface area (Å²) in [6, 6.07) is 33.8. The largest absolute Gasteiger partial charge is 0.427 e. The highest BCUT2D eigenvalue weighted by molar-refractivity contribution is 6.30. The first-order chi connectivity index (χ1) is 17.2. The minimum Gasteiger partial charge on any atom is -0.427 e. The van der Waals surface area contributed by atoms with Gasteiger partial charge in [-0.3, -0.25) is 4.79 Å². The quantitative estimate of drug-likeness (QED) is 0.172. The van der Waals surface area contributed by atoms with Crippen molar-refractivity contribution in [1.82, 2.24) is 9.55 Å². The highest BCUT2D eigenvalue weighted by atomic mass is 35.5. The number of aryl methyl sites for hydroxylation is 1. The average Bonchev–Trinajstić information content (AvgIpc) is 3.24. The maximum absolute atomic E-state index is 12.3. The molecule has 174 valence electrons. The summed E-state index contributed by atoms with van der Waals surface area (Å²) in [6.45, 7) is 0.723. The second-order valence-electron chi connectivity index (χ2n) is 8.47. The zero-order chi connectivity index (χ0) is 24.0. The van der Waals surface area contributed by atoms with Gasteiger partial charge in [0.05, 0.1) is 11.0 Å². The first-order valence-electron chi connectivity index (χ1n) is 11.7. The third-order valence-electron chi connectivity index (χ3n) is 5.94. The standard InChI is InChI=1S/C30H25ClN2O2/c31-25-17-13-22(14-18-25)9-6-12-29(34)35-26-19-15-24(16-20-26)30-32-27-10-4-5-11-28(27)33(30)21-23-7-2-1-3-8-23/h1-5,7-8,10-11,13-20H,6,9,12,21H2. The van der Waals surface area contributed by atoms with E-state index in [0.29, 0.717) is 17.2 Å². The number of hydrogen-bond donors (Lipinski definition) is 0. The van der Waals surface area contributed by atoms with E-state index in [1.54, 1.807) is 0 Å². The summed E-state index contributed by atoms with van der Waals surface area (Å²) in [5.41, 5.74) is 5.38. The topological polar surface area (TPSA) is 44.1 Å². The second-order valence-corrected chi connectivity index (χ2v) is 8.91. The van der Waals surface area contributed by atoms with Crippen molar-refractivity contribution < 1.29 is 9.53 Å². The van der Waals surface area contributed by atoms with Crippen molar-refractivity contribution >= 4 is 28.6 Å². The number of carbonyl (C=O) groups is 1. The van der Waals surface area contributed by atoms with E-state index in [0.717, 1.165) is 47.4 Å². The van der Waals surface area contributed by atoms with Gasteiger partial charge in [-0.25, -0.2) is 4.98 Å². The molecule has 0 radical (unpaired) electrons. The number of rotatable bonds is 8. The van der Waals surface area contributed by atoms with E-state index in [2.05, 4.69) is 22.8 Å². The molecule has 5 heteroatoms. The van der Waals surface area contributed by atoms with Gasteiger partial charge in [0.25, 0.3) is 0 Å². The number of imidazole rings is 1. The van der Waals surface area contributed by atoms with Crippen LogP contribution in [0.5, 0.6) is 5.75 Å². The zero-order valence-corrected chi connectivity index (χ0v) is 20.0. The molecule has 0 unspecified atom stereocenters. The lowest BCUT2D eigenvalue weighted by Gasteiger charge is -2.10. The molecule has 0 bridgehead atoms. The fourth-order valence-corrected chi connectivity index (χ4v) is 4.29. The zero-order valence-electron chi connectivity index (χ0n) is 19.2. The minimum atomic E-state index is -0.233. The van der Waals surface area contributed by atoms with E-state index >= 15 is 0 Å². The Balaban J connectivity index is 1.28. The molecule has 0 N–H and O–H groups in total. The first-order valence-corrected chi connectivity index (χ1v) is 12.1. The SMILES string of the molecule is O=C(CCCc1ccc(Cl)cc1)Oc1ccc(-c2nc3ccccc3n2Cc2ccccc2)cc1. The Morgan fingerprint density at radius 2 is 1.51 bits per heavy atom. The Kier molecular flexibility index (Phi) is 6.92. The van der Waals surface area contributed by atoms with Crippen LogP contribution in [0.2, 0.25) is 5.02 Å². The fourth-order valence-electron chi connectivity index (χ4n) is 4.16. The van der Waals surface area contributed by atoms with Gasteiger partial charge < -0.3 is 9.30 Å². The molecule has 35 heavy (non-hydrogen) atoms. The molecule has 0 aliphatic rings. The van der Waals surface area contributed by atoms with Gasteiger partial charge in [0.2, 0.25) is 0 Å². The van der Waals surface area contributed by atoms with Gasteiger partial charge in [-0.05, 0) is 72.5 Å². The predicted molar refractivity (Wildman–Crippen MR) is 141 cm³/mol. The molecule has 0 saturated carbocycles. The van der Waals surface area contributed by atoms with Gasteiger partial charge in [0.1, 0.15) is 11.6 Å². The molecule has 5 rings (SSSR count). The number of ether oxygens (including phenoxy) is 1. The average molecular weight is 481 g/mol. The van der Waals surface area contributed by atoms with Gasteiger partial charge in [0, 0.05) is 23.6 Å². The molecule has 0 aliphatic carbocycles. The molecular weight excluding hydrogens is 456 g/mol. The fraction of sp³-hybridized carbons (Fsp3) is 0.133. The molecule has 1 aromatic heterocycles. The number of fused-ring (bicyclic) bond motifs is 1. The molecule has 1 heterocycles. The lowest BCUT2D eigenvalue weighted by molar-refractivity contribution is -0.134. The summed E-state index contributed by atoms with van der Waals surface area (Å²) in [7, 11) is 0. The second kappa shape index (κ2) is 10.6. The van der Waals surface area contributed by atoms with E-state index in [1.165, 1.54) is 5.56 Å². The van der Waals surface area contributed by atoms with Gasteiger partial charge in [-0.1, -0.05) is 66.2 Å². The van der Waals surface area contributed by atoms with Crippen molar-refractivity contribution in [2.24, 2.45) is 0 Å². The monoisotopic (exact) mass is 480 g/mol. The van der Waals surface area contributed by atoms with Crippen LogP contribution < -0.4 is 4.74 Å². The Labute approximate surface area is 209 Å². The van der Waals surface area contributed by atoms with E-state index < -0.39 is 0 Å². The lowest BCUT2D eigenvalue weighted by Crippen LogP contribution is -2.08. The van der Waals surface area contributed by atoms with Gasteiger partial charge in [-0.2, -0.15) is 0 Å². The summed E-state index contributed by atoms with van der Waals surface area (Å²) < 4.78 is 7.78. The predicted octanol–water partition coefficient (Wildman–Crippen LogP) is 7.33. The van der Waals surface area contributed by atoms with E-state index in [4.69, 9.17) is 21.3 Å². The van der Waals surface area contributed by atoms with E-state index in [-0.39, 0.29) is 5.97 Å². The Morgan fingerprint density at radius 1 is 0.800 bits per heavy atom. The molecule has 0 atom stereocenters. The van der Waals surface area contributed by atoms with Crippen molar-refractivity contribution in [3.63, 3.8) is 0 Å². The smallest absolute Gasteiger partial charge is 0.311 e. The lowest BCUT2D eigenvalue weighted by atomic mass is 10.1. The molecule has 4 nitrogen and oxygen atoms in total. The van der Waals surface area contributed by atoms with Gasteiger partial charge in [-0.15, -0.1) is 0 Å². The molecule has 0 amide bonds. The van der Waals surface area contributed by atoms with Crippen molar-refractivity contribution in [3.05, 3.63) is 119 Å². The summed E-state index contributed by atoms with van der Waals surface area (Å²) in [4.78, 5) is 17.2. The van der Waals surface area contributed by atoms with Crippen molar-refractivity contribution in [2.45, 2.75) is 25.8 Å². The number of halogens is 1. The Morgan fingerprint density at radius 3 is 2.29 bits per heavy atom. The summed E-state index contributed by atoms with van der Waals surface area (Å²) in [5.74, 6) is 1.19. The van der Waals surface area contributed by atoms with E-state index in [9.17, 15) is 4.79 Å². The van der Waals surface area contributed by atoms with Gasteiger partial charge in [0.15, 0.2) is 0 Å². The normalized spacial score (nSPS) is 11.0. The van der Waals surface area contributed by atoms with Crippen LogP contribution in [0.15, 0.2) is 103 Å². The molecule has 0 saturated heterocycles. The van der Waals surface area contributed by atoms with Gasteiger partial charge >= 0.3 is 5.97 Å². The summed E-state index contributed by atoms with van der Waals surface area (Å²) in [6.07, 6.45) is 1.89.